The standard InChI is InChI=1S/C35H36F3N3O2.C23H24N2O2.C12H14F3NO.C12H18N2.C11H8O3/c36-35(37,38)29-9-11-31(12-10-29)41-20-16-32(17-21-41)43-33-13-8-26-22-28(7-6-27(26)23-33)34(42)39-30-14-18-40(19-15-30)24-25-4-2-1-3-5-25;26-22-9-8-18-14-20(7-6-19(18)15-22)23(27)24-21-10-12-25(13-11-21)16-17-4-2-1-3-5-17;13-12(14,15)9-1-3-10(4-2-9)16-7-5-11(17)6-8-16;13-12-6-8-14(9-7-12)10-11-4-2-1-3-5-11;12-10-4-3-7-5-9(11(13)14)2-1-8(7)6-10/h1-13,22-23,30,32H,14-21,24H2,(H,39,42);1-9,14-15,21,26H,10-13,16H2,(H,24,27);1-4,11,17H,5-8H2;1-5,12H,6-10,13H2;1-6,12H,(H,13,14). The summed E-state index contributed by atoms with van der Waals surface area (Å²) in [5.74, 6) is 0.192. The van der Waals surface area contributed by atoms with Gasteiger partial charge >= 0.3 is 18.3 Å². The minimum atomic E-state index is -4.33. The maximum Gasteiger partial charge on any atom is 0.416 e. The van der Waals surface area contributed by atoms with E-state index in [0.29, 0.717) is 56.2 Å². The van der Waals surface area contributed by atoms with Crippen molar-refractivity contribution in [3.8, 4) is 17.2 Å². The van der Waals surface area contributed by atoms with E-state index in [1.807, 2.05) is 77.7 Å². The number of hydrogen-bond donors (Lipinski definition) is 7. The molecule has 0 saturated carbocycles. The zero-order chi connectivity index (χ0) is 80.9. The van der Waals surface area contributed by atoms with E-state index >= 15 is 0 Å². The number of piperidine rings is 5. The molecule has 0 aliphatic carbocycles. The molecular formula is C93H100F6N8O8. The number of aliphatic hydroxyl groups is 1. The summed E-state index contributed by atoms with van der Waals surface area (Å²) in [5.41, 5.74) is 11.8. The number of likely N-dealkylation sites (tertiary alicyclic amines) is 3. The van der Waals surface area contributed by atoms with Gasteiger partial charge in [-0.2, -0.15) is 26.3 Å². The number of carboxylic acid groups (broad SMARTS) is 1. The summed E-state index contributed by atoms with van der Waals surface area (Å²) in [4.78, 5) is 47.8. The molecule has 5 heterocycles. The number of alkyl halides is 6. The lowest BCUT2D eigenvalue weighted by Gasteiger charge is -2.34. The Hall–Kier alpha value is -11.0. The van der Waals surface area contributed by atoms with Crippen molar-refractivity contribution in [2.45, 2.75) is 127 Å². The number of nitrogens with two attached hydrogens (primary N) is 1. The second-order valence-electron chi connectivity index (χ2n) is 30.3. The molecule has 602 valence electrons. The Kier molecular flexibility index (Phi) is 28.9. The molecule has 5 aliphatic heterocycles. The van der Waals surface area contributed by atoms with Gasteiger partial charge in [0.1, 0.15) is 23.4 Å². The van der Waals surface area contributed by atoms with Crippen LogP contribution in [0.2, 0.25) is 0 Å². The molecule has 115 heavy (non-hydrogen) atoms. The zero-order valence-electron chi connectivity index (χ0n) is 64.3. The number of halogens is 6. The van der Waals surface area contributed by atoms with Gasteiger partial charge in [0.05, 0.1) is 22.8 Å². The zero-order valence-corrected chi connectivity index (χ0v) is 64.3. The van der Waals surface area contributed by atoms with Crippen LogP contribution in [0.5, 0.6) is 17.2 Å². The van der Waals surface area contributed by atoms with Crippen LogP contribution in [0.1, 0.15) is 123 Å². The van der Waals surface area contributed by atoms with E-state index in [9.17, 15) is 56.0 Å². The fraction of sp³-hybridized carbons (Fsp3) is 0.323. The van der Waals surface area contributed by atoms with Gasteiger partial charge in [-0.05, 0) is 235 Å². The van der Waals surface area contributed by atoms with E-state index in [1.54, 1.807) is 36.4 Å². The number of aromatic carboxylic acids is 1. The molecule has 22 heteroatoms. The number of aromatic hydroxyl groups is 2. The summed E-state index contributed by atoms with van der Waals surface area (Å²) >= 11 is 0. The maximum absolute atomic E-state index is 13.0. The molecule has 0 bridgehead atoms. The van der Waals surface area contributed by atoms with Gasteiger partial charge in [-0.3, -0.25) is 24.3 Å². The predicted molar refractivity (Wildman–Crippen MR) is 442 cm³/mol. The van der Waals surface area contributed by atoms with Crippen LogP contribution in [0.15, 0.2) is 249 Å². The number of aliphatic hydroxyl groups excluding tert-OH is 1. The lowest BCUT2D eigenvalue weighted by Crippen LogP contribution is -2.44. The highest BCUT2D eigenvalue weighted by Gasteiger charge is 2.33. The number of carbonyl (C=O) groups is 3. The Morgan fingerprint density at radius 3 is 1.10 bits per heavy atom. The van der Waals surface area contributed by atoms with Gasteiger partial charge in [0.15, 0.2) is 0 Å². The average Bonchev–Trinajstić information content (AvgIpc) is 0.794. The minimum Gasteiger partial charge on any atom is -0.508 e. The number of ether oxygens (including phenoxy) is 1. The molecule has 2 amide bonds. The van der Waals surface area contributed by atoms with Crippen LogP contribution in [-0.4, -0.2) is 149 Å². The molecule has 5 saturated heterocycles. The number of nitrogens with one attached hydrogen (secondary N) is 2. The van der Waals surface area contributed by atoms with Crippen molar-refractivity contribution < 1.29 is 65.9 Å². The number of rotatable bonds is 15. The quantitative estimate of drug-likeness (QED) is 0.0477. The van der Waals surface area contributed by atoms with E-state index in [1.165, 1.54) is 53.1 Å². The molecule has 5 fully saturated rings. The summed E-state index contributed by atoms with van der Waals surface area (Å²) < 4.78 is 82.0. The number of anilines is 2. The Bertz CT molecular complexity index is 4930. The smallest absolute Gasteiger partial charge is 0.416 e. The average molecular weight is 1570 g/mol. The highest BCUT2D eigenvalue weighted by Crippen LogP contribution is 2.35. The normalized spacial score (nSPS) is 16.5. The van der Waals surface area contributed by atoms with Gasteiger partial charge in [-0.15, -0.1) is 0 Å². The van der Waals surface area contributed by atoms with Gasteiger partial charge in [0, 0.05) is 125 Å². The number of hydrogen-bond acceptors (Lipinski definition) is 13. The molecule has 11 aromatic rings. The highest BCUT2D eigenvalue weighted by atomic mass is 19.4. The van der Waals surface area contributed by atoms with Gasteiger partial charge in [0.2, 0.25) is 0 Å². The first-order chi connectivity index (χ1) is 55.4. The lowest BCUT2D eigenvalue weighted by atomic mass is 10.0. The first kappa shape index (κ1) is 83.4. The fourth-order valence-electron chi connectivity index (χ4n) is 15.1. The molecule has 5 aliphatic rings. The van der Waals surface area contributed by atoms with E-state index in [2.05, 4.69) is 109 Å². The molecule has 0 spiro atoms. The number of amides is 2. The molecule has 0 aromatic heterocycles. The summed E-state index contributed by atoms with van der Waals surface area (Å²) in [6.45, 7) is 12.0. The Morgan fingerprint density at radius 2 is 0.713 bits per heavy atom. The molecule has 16 nitrogen and oxygen atoms in total. The van der Waals surface area contributed by atoms with Crippen LogP contribution in [0.3, 0.4) is 0 Å². The van der Waals surface area contributed by atoms with Crippen LogP contribution >= 0.6 is 0 Å². The topological polar surface area (TPSA) is 208 Å². The molecule has 16 rings (SSSR count). The van der Waals surface area contributed by atoms with Crippen LogP contribution < -0.4 is 30.9 Å². The number of carboxylic acids is 1. The second-order valence-corrected chi connectivity index (χ2v) is 30.3. The van der Waals surface area contributed by atoms with Crippen LogP contribution in [-0.2, 0) is 32.0 Å². The molecule has 0 radical (unpaired) electrons. The van der Waals surface area contributed by atoms with E-state index in [4.69, 9.17) is 15.6 Å². The lowest BCUT2D eigenvalue weighted by molar-refractivity contribution is -0.138. The summed E-state index contributed by atoms with van der Waals surface area (Å²) in [5, 5.41) is 48.8. The molecule has 8 N–H and O–H groups in total. The number of benzene rings is 11. The van der Waals surface area contributed by atoms with Gasteiger partial charge in [-0.25, -0.2) is 4.79 Å². The summed E-state index contributed by atoms with van der Waals surface area (Å²) in [6, 6.07) is 75.1. The predicted octanol–water partition coefficient (Wildman–Crippen LogP) is 17.8. The summed E-state index contributed by atoms with van der Waals surface area (Å²) in [7, 11) is 0. The Morgan fingerprint density at radius 1 is 0.383 bits per heavy atom. The number of nitrogens with zero attached hydrogens (tertiary/aromatic N) is 5. The first-order valence-corrected chi connectivity index (χ1v) is 39.5. The molecule has 0 unspecified atom stereocenters. The maximum atomic E-state index is 13.0. The Balaban J connectivity index is 0.000000144. The number of phenolic OH excluding ortho intramolecular Hbond substituents is 2. The van der Waals surface area contributed by atoms with Crippen molar-refractivity contribution in [3.05, 3.63) is 293 Å². The van der Waals surface area contributed by atoms with E-state index < -0.39 is 29.4 Å². The van der Waals surface area contributed by atoms with Crippen molar-refractivity contribution >= 4 is 61.5 Å². The minimum absolute atomic E-state index is 0.0218. The Labute approximate surface area is 667 Å². The van der Waals surface area contributed by atoms with Crippen molar-refractivity contribution in [2.24, 2.45) is 5.73 Å². The van der Waals surface area contributed by atoms with Gasteiger partial charge < -0.3 is 51.3 Å². The monoisotopic (exact) mass is 1570 g/mol. The van der Waals surface area contributed by atoms with Crippen molar-refractivity contribution in [3.63, 3.8) is 0 Å². The number of fused-ring (bicyclic) bond motifs is 3. The third-order valence-corrected chi connectivity index (χ3v) is 21.8. The molecule has 0 atom stereocenters. The second kappa shape index (κ2) is 39.8. The first-order valence-electron chi connectivity index (χ1n) is 39.5. The third-order valence-electron chi connectivity index (χ3n) is 21.8. The largest absolute Gasteiger partial charge is 0.508 e. The SMILES string of the molecule is NC1CCN(Cc2ccccc2)CC1.O=C(NC1CCN(Cc2ccccc2)CC1)c1ccc2cc(O)ccc2c1.O=C(NC1CCN(Cc2ccccc2)CC1)c1ccc2cc(OC3CCN(c4ccc(C(F)(F)F)cc4)CC3)ccc2c1.O=C(O)c1ccc2cc(O)ccc2c1.OC1CCN(c2ccc(C(F)(F)F)cc2)CC1. The van der Waals surface area contributed by atoms with E-state index in [0.717, 1.165) is 184 Å². The van der Waals surface area contributed by atoms with Crippen molar-refractivity contribution in [2.75, 3.05) is 75.2 Å². The van der Waals surface area contributed by atoms with Crippen LogP contribution in [0.4, 0.5) is 37.7 Å². The van der Waals surface area contributed by atoms with Gasteiger partial charge in [0.25, 0.3) is 11.8 Å². The van der Waals surface area contributed by atoms with E-state index in [-0.39, 0.29) is 53.2 Å². The highest BCUT2D eigenvalue weighted by molar-refractivity contribution is 6.00. The van der Waals surface area contributed by atoms with Crippen molar-refractivity contribution in [1.29, 1.82) is 0 Å². The van der Waals surface area contributed by atoms with Crippen LogP contribution in [0, 0.1) is 0 Å². The van der Waals surface area contributed by atoms with Gasteiger partial charge in [-0.1, -0.05) is 127 Å². The van der Waals surface area contributed by atoms with Crippen LogP contribution in [0.25, 0.3) is 32.3 Å². The number of phenols is 2. The summed E-state index contributed by atoms with van der Waals surface area (Å²) in [6.07, 6.45) is 0.166. The number of carbonyl (C=O) groups excluding carboxylic acids is 2. The molecule has 11 aromatic carbocycles. The fourth-order valence-corrected chi connectivity index (χ4v) is 15.1. The van der Waals surface area contributed by atoms with Crippen molar-refractivity contribution in [1.82, 2.24) is 25.3 Å². The molecular weight excluding hydrogens is 1470 g/mol. The third kappa shape index (κ3) is 25.0.